The lowest BCUT2D eigenvalue weighted by Gasteiger charge is -2.25. The van der Waals surface area contributed by atoms with Crippen LogP contribution < -0.4 is 0 Å². The van der Waals surface area contributed by atoms with Crippen molar-refractivity contribution in [1.82, 2.24) is 14.7 Å². The quantitative estimate of drug-likeness (QED) is 0.947. The zero-order chi connectivity index (χ0) is 15.1. The molecule has 2 aromatic rings. The Morgan fingerprint density at radius 3 is 3.09 bits per heavy atom. The minimum Gasteiger partial charge on any atom is -0.385 e. The van der Waals surface area contributed by atoms with Crippen LogP contribution in [0.4, 0.5) is 5.69 Å². The molecule has 0 saturated carbocycles. The van der Waals surface area contributed by atoms with E-state index in [2.05, 4.69) is 50.9 Å². The Morgan fingerprint density at radius 2 is 2.23 bits per heavy atom. The Balaban J connectivity index is 1.72. The van der Waals surface area contributed by atoms with Gasteiger partial charge in [-0.3, -0.25) is 4.68 Å². The monoisotopic (exact) mass is 296 g/mol. The normalized spacial score (nSPS) is 19.8. The Labute approximate surface area is 129 Å². The fourth-order valence-electron chi connectivity index (χ4n) is 3.32. The minimum absolute atomic E-state index is 0.404. The molecule has 0 bridgehead atoms. The van der Waals surface area contributed by atoms with Crippen molar-refractivity contribution in [3.8, 4) is 11.3 Å². The van der Waals surface area contributed by atoms with E-state index in [0.29, 0.717) is 0 Å². The molecule has 0 aliphatic carbocycles. The summed E-state index contributed by atoms with van der Waals surface area (Å²) in [5, 5.41) is 14.4. The molecule has 0 radical (unpaired) electrons. The van der Waals surface area contributed by atoms with Crippen molar-refractivity contribution in [2.24, 2.45) is 4.99 Å². The van der Waals surface area contributed by atoms with Crippen LogP contribution in [0.25, 0.3) is 11.3 Å². The van der Waals surface area contributed by atoms with E-state index in [1.165, 1.54) is 11.1 Å². The highest BCUT2D eigenvalue weighted by Gasteiger charge is 2.31. The summed E-state index contributed by atoms with van der Waals surface area (Å²) in [4.78, 5) is 6.82. The lowest BCUT2D eigenvalue weighted by Crippen LogP contribution is -2.31. The molecule has 1 fully saturated rings. The Morgan fingerprint density at radius 1 is 1.32 bits per heavy atom. The van der Waals surface area contributed by atoms with Crippen molar-refractivity contribution < 1.29 is 5.11 Å². The van der Waals surface area contributed by atoms with E-state index in [1.54, 1.807) is 0 Å². The van der Waals surface area contributed by atoms with Gasteiger partial charge >= 0.3 is 0 Å². The molecule has 3 heterocycles. The summed E-state index contributed by atoms with van der Waals surface area (Å²) < 4.78 is 2.05. The number of aromatic nitrogens is 2. The largest absolute Gasteiger partial charge is 0.385 e. The second kappa shape index (κ2) is 5.25. The zero-order valence-corrected chi connectivity index (χ0v) is 12.7. The van der Waals surface area contributed by atoms with Crippen molar-refractivity contribution >= 4 is 11.5 Å². The van der Waals surface area contributed by atoms with Crippen molar-refractivity contribution in [1.29, 1.82) is 0 Å². The summed E-state index contributed by atoms with van der Waals surface area (Å²) in [6, 6.07) is 8.43. The molecule has 1 atom stereocenters. The first-order chi connectivity index (χ1) is 10.8. The van der Waals surface area contributed by atoms with Crippen LogP contribution in [0, 0.1) is 0 Å². The van der Waals surface area contributed by atoms with Gasteiger partial charge in [-0.2, -0.15) is 5.10 Å². The van der Waals surface area contributed by atoms with E-state index >= 15 is 0 Å². The van der Waals surface area contributed by atoms with E-state index in [4.69, 9.17) is 0 Å². The first-order valence-electron chi connectivity index (χ1n) is 7.93. The third-order valence-corrected chi connectivity index (χ3v) is 4.42. The van der Waals surface area contributed by atoms with Gasteiger partial charge in [-0.1, -0.05) is 13.0 Å². The molecule has 1 aromatic carbocycles. The Bertz CT molecular complexity index is 734. The molecule has 114 valence electrons. The number of hydrogen-bond donors (Lipinski definition) is 1. The van der Waals surface area contributed by atoms with Gasteiger partial charge in [0.05, 0.1) is 11.4 Å². The third-order valence-electron chi connectivity index (χ3n) is 4.42. The van der Waals surface area contributed by atoms with Gasteiger partial charge < -0.3 is 10.0 Å². The smallest absolute Gasteiger partial charge is 0.134 e. The van der Waals surface area contributed by atoms with Gasteiger partial charge in [0.2, 0.25) is 0 Å². The number of nitrogens with zero attached hydrogens (tertiary/aromatic N) is 4. The third kappa shape index (κ3) is 2.13. The summed E-state index contributed by atoms with van der Waals surface area (Å²) in [6.45, 7) is 4.81. The lowest BCUT2D eigenvalue weighted by molar-refractivity contribution is 0.245. The number of benzene rings is 1. The second-order valence-electron chi connectivity index (χ2n) is 5.98. The van der Waals surface area contributed by atoms with Gasteiger partial charge in [0.25, 0.3) is 0 Å². The molecule has 1 aromatic heterocycles. The fourth-order valence-corrected chi connectivity index (χ4v) is 3.32. The highest BCUT2D eigenvalue weighted by molar-refractivity contribution is 5.92. The molecule has 2 aliphatic rings. The van der Waals surface area contributed by atoms with Crippen LogP contribution in [-0.2, 0) is 13.1 Å². The number of aliphatic hydroxyl groups is 1. The molecule has 2 aliphatic heterocycles. The maximum absolute atomic E-state index is 9.97. The second-order valence-corrected chi connectivity index (χ2v) is 5.98. The maximum atomic E-state index is 9.97. The van der Waals surface area contributed by atoms with Crippen LogP contribution in [0.2, 0.25) is 0 Å². The fraction of sp³-hybridized carbons (Fsp3) is 0.412. The number of aryl methyl sites for hydroxylation is 1. The van der Waals surface area contributed by atoms with Crippen LogP contribution in [-0.4, -0.2) is 38.3 Å². The number of fused-ring (bicyclic) bond motifs is 2. The molecule has 0 amide bonds. The number of hydrogen-bond acceptors (Lipinski definition) is 4. The standard InChI is InChI=1S/C17H20N4O/c1-2-8-21-15(5-7-18-21)12-3-4-14-13(10-12)11-20-9-6-16(22)17(20)19-14/h3-5,7,10,16,22H,2,6,8-9,11H2,1H3. The van der Waals surface area contributed by atoms with Crippen molar-refractivity contribution in [3.05, 3.63) is 36.0 Å². The molecular weight excluding hydrogens is 276 g/mol. The average Bonchev–Trinajstić information content (AvgIpc) is 3.13. The number of amidine groups is 1. The van der Waals surface area contributed by atoms with Crippen LogP contribution in [0.5, 0.6) is 0 Å². The molecule has 0 spiro atoms. The van der Waals surface area contributed by atoms with Gasteiger partial charge in [-0.25, -0.2) is 4.99 Å². The predicted molar refractivity (Wildman–Crippen MR) is 86.1 cm³/mol. The number of rotatable bonds is 3. The first-order valence-corrected chi connectivity index (χ1v) is 7.93. The maximum Gasteiger partial charge on any atom is 0.134 e. The Hall–Kier alpha value is -2.14. The number of aliphatic imine (C=N–C) groups is 1. The van der Waals surface area contributed by atoms with E-state index in [0.717, 1.165) is 49.7 Å². The van der Waals surface area contributed by atoms with E-state index in [9.17, 15) is 5.11 Å². The van der Waals surface area contributed by atoms with Gasteiger partial charge in [-0.15, -0.1) is 0 Å². The zero-order valence-electron chi connectivity index (χ0n) is 12.7. The van der Waals surface area contributed by atoms with E-state index < -0.39 is 6.10 Å². The summed E-state index contributed by atoms with van der Waals surface area (Å²) in [7, 11) is 0. The van der Waals surface area contributed by atoms with Crippen molar-refractivity contribution in [3.63, 3.8) is 0 Å². The summed E-state index contributed by atoms with van der Waals surface area (Å²) in [5.41, 5.74) is 4.54. The molecule has 4 rings (SSSR count). The number of aliphatic hydroxyl groups excluding tert-OH is 1. The van der Waals surface area contributed by atoms with E-state index in [1.807, 2.05) is 6.20 Å². The first kappa shape index (κ1) is 13.5. The molecule has 5 nitrogen and oxygen atoms in total. The molecule has 5 heteroatoms. The highest BCUT2D eigenvalue weighted by atomic mass is 16.3. The lowest BCUT2D eigenvalue weighted by atomic mass is 10.0. The highest BCUT2D eigenvalue weighted by Crippen LogP contribution is 2.33. The topological polar surface area (TPSA) is 53.7 Å². The van der Waals surface area contributed by atoms with Crippen molar-refractivity contribution in [2.45, 2.75) is 39.0 Å². The van der Waals surface area contributed by atoms with Crippen LogP contribution in [0.3, 0.4) is 0 Å². The van der Waals surface area contributed by atoms with Gasteiger partial charge in [0, 0.05) is 31.4 Å². The average molecular weight is 296 g/mol. The van der Waals surface area contributed by atoms with Gasteiger partial charge in [-0.05, 0) is 36.6 Å². The molecule has 1 saturated heterocycles. The van der Waals surface area contributed by atoms with Crippen LogP contribution in [0.15, 0.2) is 35.5 Å². The molecule has 22 heavy (non-hydrogen) atoms. The molecule has 1 N–H and O–H groups in total. The van der Waals surface area contributed by atoms with Gasteiger partial charge in [0.15, 0.2) is 0 Å². The predicted octanol–water partition coefficient (Wildman–Crippen LogP) is 2.57. The summed E-state index contributed by atoms with van der Waals surface area (Å²) >= 11 is 0. The Kier molecular flexibility index (Phi) is 3.22. The van der Waals surface area contributed by atoms with Gasteiger partial charge in [0.1, 0.15) is 11.9 Å². The molecular formula is C17H20N4O. The van der Waals surface area contributed by atoms with Crippen molar-refractivity contribution in [2.75, 3.05) is 6.54 Å². The van der Waals surface area contributed by atoms with Crippen LogP contribution >= 0.6 is 0 Å². The van der Waals surface area contributed by atoms with E-state index in [-0.39, 0.29) is 0 Å². The SMILES string of the molecule is CCCn1nccc1-c1ccc2c(c1)CN1CCC(O)C1=N2. The summed E-state index contributed by atoms with van der Waals surface area (Å²) in [5.74, 6) is 0.830. The summed E-state index contributed by atoms with van der Waals surface area (Å²) in [6.07, 6.45) is 3.30. The molecule has 1 unspecified atom stereocenters. The van der Waals surface area contributed by atoms with Crippen LogP contribution in [0.1, 0.15) is 25.3 Å². The minimum atomic E-state index is -0.404.